The molecular weight excluding hydrogens is 485 g/mol. The molecule has 1 heterocycles. The van der Waals surface area contributed by atoms with E-state index in [1.54, 1.807) is 0 Å². The first-order valence-electron chi connectivity index (χ1n) is 9.55. The number of amides is 1. The van der Waals surface area contributed by atoms with Crippen LogP contribution in [0, 0.1) is 0 Å². The number of nitrogens with zero attached hydrogens (tertiary/aromatic N) is 2. The van der Waals surface area contributed by atoms with E-state index in [9.17, 15) is 26.4 Å². The lowest BCUT2D eigenvalue weighted by molar-refractivity contribution is -0.143. The van der Waals surface area contributed by atoms with E-state index < -0.39 is 33.7 Å². The largest absolute Gasteiger partial charge is 0.437 e. The summed E-state index contributed by atoms with van der Waals surface area (Å²) in [7, 11) is -3.78. The molecule has 1 fully saturated rings. The number of carbonyl (C=O) groups excluding carboxylic acids is 1. The van der Waals surface area contributed by atoms with Crippen molar-refractivity contribution in [1.29, 1.82) is 0 Å². The number of benzene rings is 2. The Morgan fingerprint density at radius 1 is 1.15 bits per heavy atom. The number of hydrogen-bond donors (Lipinski definition) is 2. The van der Waals surface area contributed by atoms with Gasteiger partial charge in [0.1, 0.15) is 0 Å². The molecule has 33 heavy (non-hydrogen) atoms. The zero-order chi connectivity index (χ0) is 23.8. The second-order valence-electron chi connectivity index (χ2n) is 7.18. The van der Waals surface area contributed by atoms with Crippen LogP contribution in [0.3, 0.4) is 0 Å². The smallest absolute Gasteiger partial charge is 0.406 e. The van der Waals surface area contributed by atoms with E-state index in [1.807, 2.05) is 0 Å². The maximum Gasteiger partial charge on any atom is 0.437 e. The number of carbonyl (C=O) groups is 1. The van der Waals surface area contributed by atoms with Gasteiger partial charge in [0.05, 0.1) is 16.8 Å². The number of hydrogen-bond acceptors (Lipinski definition) is 5. The highest BCUT2D eigenvalue weighted by Gasteiger charge is 2.40. The van der Waals surface area contributed by atoms with Crippen LogP contribution in [-0.2, 0) is 16.2 Å². The molecule has 1 saturated carbocycles. The first kappa shape index (κ1) is 23.1. The van der Waals surface area contributed by atoms with Crippen molar-refractivity contribution in [3.8, 4) is 11.4 Å². The van der Waals surface area contributed by atoms with Crippen molar-refractivity contribution in [2.24, 2.45) is 0 Å². The minimum absolute atomic E-state index is 0.0253. The van der Waals surface area contributed by atoms with Crippen molar-refractivity contribution in [1.82, 2.24) is 14.5 Å². The number of halogens is 4. The molecule has 0 unspecified atom stereocenters. The van der Waals surface area contributed by atoms with Crippen molar-refractivity contribution in [2.75, 3.05) is 5.32 Å². The molecule has 1 aliphatic rings. The Kier molecular flexibility index (Phi) is 6.08. The molecule has 2 aromatic carbocycles. The molecule has 4 rings (SSSR count). The summed E-state index contributed by atoms with van der Waals surface area (Å²) in [4.78, 5) is 12.2. The van der Waals surface area contributed by atoms with E-state index in [-0.39, 0.29) is 22.3 Å². The van der Waals surface area contributed by atoms with Crippen molar-refractivity contribution in [3.05, 3.63) is 65.4 Å². The van der Waals surface area contributed by atoms with Crippen LogP contribution in [-0.4, -0.2) is 30.3 Å². The van der Waals surface area contributed by atoms with Crippen molar-refractivity contribution >= 4 is 33.4 Å². The Labute approximate surface area is 191 Å². The average Bonchev–Trinajstić information content (AvgIpc) is 3.43. The quantitative estimate of drug-likeness (QED) is 0.515. The first-order chi connectivity index (χ1) is 15.5. The molecule has 0 radical (unpaired) electrons. The molecule has 1 amide bonds. The highest BCUT2D eigenvalue weighted by atomic mass is 35.5. The summed E-state index contributed by atoms with van der Waals surface area (Å²) < 4.78 is 73.7. The van der Waals surface area contributed by atoms with Crippen LogP contribution in [0.1, 0.15) is 18.5 Å². The number of anilines is 1. The van der Waals surface area contributed by atoms with Crippen LogP contribution in [0.2, 0.25) is 5.02 Å². The average molecular weight is 501 g/mol. The van der Waals surface area contributed by atoms with Crippen LogP contribution < -0.4 is 14.8 Å². The van der Waals surface area contributed by atoms with Crippen molar-refractivity contribution < 1.29 is 31.1 Å². The molecule has 13 heteroatoms. The Morgan fingerprint density at radius 3 is 2.48 bits per heavy atom. The predicted molar refractivity (Wildman–Crippen MR) is 113 cm³/mol. The summed E-state index contributed by atoms with van der Waals surface area (Å²) in [6.45, 7) is 0. The minimum atomic E-state index is -4.89. The van der Waals surface area contributed by atoms with E-state index in [0.29, 0.717) is 9.70 Å². The predicted octanol–water partition coefficient (Wildman–Crippen LogP) is 4.60. The fraction of sp³-hybridized carbons (Fsp3) is 0.200. The number of ether oxygens (including phenoxy) is 1. The van der Waals surface area contributed by atoms with Gasteiger partial charge in [0.25, 0.3) is 0 Å². The van der Waals surface area contributed by atoms with E-state index in [4.69, 9.17) is 16.3 Å². The van der Waals surface area contributed by atoms with Crippen LogP contribution in [0.4, 0.5) is 23.7 Å². The highest BCUT2D eigenvalue weighted by molar-refractivity contribution is 7.89. The zero-order valence-electron chi connectivity index (χ0n) is 16.6. The molecule has 174 valence electrons. The first-order valence-corrected chi connectivity index (χ1v) is 11.4. The van der Waals surface area contributed by atoms with Gasteiger partial charge in [0.2, 0.25) is 10.0 Å². The summed E-state index contributed by atoms with van der Waals surface area (Å²) in [5, 5.41) is 6.24. The van der Waals surface area contributed by atoms with Crippen molar-refractivity contribution in [3.63, 3.8) is 0 Å². The van der Waals surface area contributed by atoms with Gasteiger partial charge in [-0.1, -0.05) is 17.7 Å². The topological polar surface area (TPSA) is 102 Å². The van der Waals surface area contributed by atoms with E-state index >= 15 is 0 Å². The van der Waals surface area contributed by atoms with Gasteiger partial charge in [-0.25, -0.2) is 22.6 Å². The molecule has 1 aliphatic carbocycles. The van der Waals surface area contributed by atoms with Gasteiger partial charge in [0.15, 0.2) is 11.4 Å². The summed E-state index contributed by atoms with van der Waals surface area (Å²) in [5.74, 6) is -0.825. The molecule has 0 bridgehead atoms. The van der Waals surface area contributed by atoms with E-state index in [1.165, 1.54) is 48.5 Å². The standard InChI is InChI=1S/C20H16ClF3N4O4S/c21-12-4-8-15(9-5-12)28-18(20(22,23)24)17(11-25-28)32-19(29)26-14-2-1-3-16(10-14)33(30,31)27-13-6-7-13/h1-5,8-11,13,27H,6-7H2,(H,26,29). The SMILES string of the molecule is O=C(Nc1cccc(S(=O)(=O)NC2CC2)c1)Oc1cnn(-c2ccc(Cl)cc2)c1C(F)(F)F. The lowest BCUT2D eigenvalue weighted by atomic mass is 10.3. The number of sulfonamides is 1. The molecule has 1 aromatic heterocycles. The number of rotatable bonds is 6. The van der Waals surface area contributed by atoms with Crippen LogP contribution >= 0.6 is 11.6 Å². The Morgan fingerprint density at radius 2 is 1.85 bits per heavy atom. The third-order valence-corrected chi connectivity index (χ3v) is 6.34. The Balaban J connectivity index is 1.54. The Bertz CT molecular complexity index is 1290. The van der Waals surface area contributed by atoms with Gasteiger partial charge < -0.3 is 4.74 Å². The molecule has 8 nitrogen and oxygen atoms in total. The van der Waals surface area contributed by atoms with Crippen LogP contribution in [0.25, 0.3) is 5.69 Å². The number of nitrogens with one attached hydrogen (secondary N) is 2. The van der Waals surface area contributed by atoms with Gasteiger partial charge in [-0.2, -0.15) is 18.3 Å². The summed E-state index contributed by atoms with van der Waals surface area (Å²) in [6, 6.07) is 10.6. The molecule has 0 saturated heterocycles. The lowest BCUT2D eigenvalue weighted by Crippen LogP contribution is -2.26. The molecule has 3 aromatic rings. The highest BCUT2D eigenvalue weighted by Crippen LogP contribution is 2.38. The molecule has 0 spiro atoms. The monoisotopic (exact) mass is 500 g/mol. The normalized spacial score (nSPS) is 14.2. The summed E-state index contributed by atoms with van der Waals surface area (Å²) in [6.07, 6.45) is -3.89. The molecule has 0 atom stereocenters. The third-order valence-electron chi connectivity index (χ3n) is 4.57. The molecular formula is C20H16ClF3N4O4S. The fourth-order valence-corrected chi connectivity index (χ4v) is 4.40. The van der Waals surface area contributed by atoms with Gasteiger partial charge in [-0.3, -0.25) is 5.32 Å². The van der Waals surface area contributed by atoms with Gasteiger partial charge in [0, 0.05) is 16.8 Å². The second-order valence-corrected chi connectivity index (χ2v) is 9.33. The maximum absolute atomic E-state index is 13.7. The molecule has 0 aliphatic heterocycles. The van der Waals surface area contributed by atoms with Gasteiger partial charge in [-0.05, 0) is 55.3 Å². The molecule has 2 N–H and O–H groups in total. The van der Waals surface area contributed by atoms with E-state index in [2.05, 4.69) is 15.1 Å². The zero-order valence-corrected chi connectivity index (χ0v) is 18.2. The van der Waals surface area contributed by atoms with Crippen LogP contribution in [0.15, 0.2) is 59.6 Å². The summed E-state index contributed by atoms with van der Waals surface area (Å²) in [5.41, 5.74) is -1.22. The second kappa shape index (κ2) is 8.69. The van der Waals surface area contributed by atoms with Crippen molar-refractivity contribution in [2.45, 2.75) is 30.0 Å². The fourth-order valence-electron chi connectivity index (χ4n) is 2.92. The minimum Gasteiger partial charge on any atom is -0.406 e. The number of aromatic nitrogens is 2. The number of alkyl halides is 3. The van der Waals surface area contributed by atoms with Gasteiger partial charge in [-0.15, -0.1) is 0 Å². The third kappa shape index (κ3) is 5.46. The Hall–Kier alpha value is -3.09. The van der Waals surface area contributed by atoms with Gasteiger partial charge >= 0.3 is 12.3 Å². The van der Waals surface area contributed by atoms with E-state index in [0.717, 1.165) is 19.0 Å². The maximum atomic E-state index is 13.7. The van der Waals surface area contributed by atoms with Crippen LogP contribution in [0.5, 0.6) is 5.75 Å². The lowest BCUT2D eigenvalue weighted by Gasteiger charge is -2.13. The summed E-state index contributed by atoms with van der Waals surface area (Å²) >= 11 is 5.78.